The highest BCUT2D eigenvalue weighted by Gasteiger charge is 2.16. The molecule has 0 amide bonds. The van der Waals surface area contributed by atoms with Gasteiger partial charge < -0.3 is 14.5 Å². The van der Waals surface area contributed by atoms with Crippen LogP contribution in [0, 0.1) is 6.92 Å². The minimum Gasteiger partial charge on any atom is -0.465 e. The lowest BCUT2D eigenvalue weighted by Gasteiger charge is -2.26. The molecule has 1 aromatic heterocycles. The van der Waals surface area contributed by atoms with Crippen molar-refractivity contribution in [1.82, 2.24) is 10.2 Å². The molecule has 0 aliphatic carbocycles. The van der Waals surface area contributed by atoms with Crippen LogP contribution in [0.4, 0.5) is 0 Å². The zero-order valence-corrected chi connectivity index (χ0v) is 13.8. The number of nitrogens with one attached hydrogen (secondary N) is 1. The van der Waals surface area contributed by atoms with Gasteiger partial charge in [-0.05, 0) is 26.5 Å². The van der Waals surface area contributed by atoms with E-state index in [0.717, 1.165) is 37.8 Å². The maximum Gasteiger partial charge on any atom is 0.118 e. The minimum absolute atomic E-state index is 0.413. The smallest absolute Gasteiger partial charge is 0.118 e. The van der Waals surface area contributed by atoms with Gasteiger partial charge in [0, 0.05) is 31.3 Å². The molecule has 1 atom stereocenters. The van der Waals surface area contributed by atoms with Crippen LogP contribution in [0.3, 0.4) is 0 Å². The Morgan fingerprint density at radius 3 is 2.60 bits per heavy atom. The number of hydrogen-bond donors (Lipinski definition) is 1. The Hall–Kier alpha value is -0.840. The van der Waals surface area contributed by atoms with Gasteiger partial charge in [0.1, 0.15) is 11.5 Å². The van der Waals surface area contributed by atoms with Crippen LogP contribution in [0.1, 0.15) is 44.8 Å². The van der Waals surface area contributed by atoms with Crippen LogP contribution in [0.2, 0.25) is 0 Å². The summed E-state index contributed by atoms with van der Waals surface area (Å²) in [6.07, 6.45) is 0. The first-order chi connectivity index (χ1) is 9.47. The molecule has 116 valence electrons. The highest BCUT2D eigenvalue weighted by atomic mass is 16.5. The third kappa shape index (κ3) is 5.27. The van der Waals surface area contributed by atoms with E-state index in [1.807, 2.05) is 6.92 Å². The van der Waals surface area contributed by atoms with E-state index in [4.69, 9.17) is 9.15 Å². The third-order valence-corrected chi connectivity index (χ3v) is 3.57. The Morgan fingerprint density at radius 1 is 1.35 bits per heavy atom. The van der Waals surface area contributed by atoms with Crippen LogP contribution in [0.25, 0.3) is 0 Å². The van der Waals surface area contributed by atoms with E-state index in [9.17, 15) is 0 Å². The highest BCUT2D eigenvalue weighted by Crippen LogP contribution is 2.18. The number of furan rings is 1. The molecule has 1 rings (SSSR count). The molecule has 0 saturated heterocycles. The monoisotopic (exact) mass is 282 g/mol. The average Bonchev–Trinajstić information content (AvgIpc) is 2.74. The molecule has 1 heterocycles. The van der Waals surface area contributed by atoms with Crippen LogP contribution >= 0.6 is 0 Å². The Bertz CT molecular complexity index is 388. The van der Waals surface area contributed by atoms with Gasteiger partial charge in [-0.3, -0.25) is 4.90 Å². The van der Waals surface area contributed by atoms with Gasteiger partial charge in [0.15, 0.2) is 0 Å². The van der Waals surface area contributed by atoms with Gasteiger partial charge in [0.05, 0.1) is 13.2 Å². The van der Waals surface area contributed by atoms with Crippen LogP contribution in [-0.4, -0.2) is 37.2 Å². The van der Waals surface area contributed by atoms with E-state index in [0.29, 0.717) is 12.1 Å². The van der Waals surface area contributed by atoms with E-state index in [1.165, 1.54) is 5.56 Å². The van der Waals surface area contributed by atoms with Crippen molar-refractivity contribution in [2.24, 2.45) is 0 Å². The van der Waals surface area contributed by atoms with E-state index < -0.39 is 0 Å². The molecule has 0 radical (unpaired) electrons. The van der Waals surface area contributed by atoms with Gasteiger partial charge in [-0.25, -0.2) is 0 Å². The van der Waals surface area contributed by atoms with Gasteiger partial charge >= 0.3 is 0 Å². The molecule has 0 aliphatic heterocycles. The number of likely N-dealkylation sites (N-methyl/N-ethyl adjacent to an activating group) is 1. The molecule has 1 aromatic rings. The lowest BCUT2D eigenvalue weighted by atomic mass is 10.2. The molecule has 20 heavy (non-hydrogen) atoms. The summed E-state index contributed by atoms with van der Waals surface area (Å²) in [4.78, 5) is 2.40. The first kappa shape index (κ1) is 17.2. The molecule has 0 fully saturated rings. The van der Waals surface area contributed by atoms with Gasteiger partial charge in [-0.15, -0.1) is 0 Å². The minimum atomic E-state index is 0.413. The van der Waals surface area contributed by atoms with E-state index in [1.54, 1.807) is 7.11 Å². The molecular weight excluding hydrogens is 252 g/mol. The molecule has 0 aromatic carbocycles. The van der Waals surface area contributed by atoms with Gasteiger partial charge in [-0.1, -0.05) is 20.8 Å². The zero-order valence-electron chi connectivity index (χ0n) is 13.8. The zero-order chi connectivity index (χ0) is 15.1. The summed E-state index contributed by atoms with van der Waals surface area (Å²) < 4.78 is 11.1. The number of rotatable bonds is 9. The SMILES string of the molecule is CCN(Cc1cc(CNC(C)C)oc1C)C(C)COC. The second kappa shape index (κ2) is 8.45. The van der Waals surface area contributed by atoms with E-state index in [2.05, 4.69) is 44.0 Å². The van der Waals surface area contributed by atoms with Crippen LogP contribution in [-0.2, 0) is 17.8 Å². The Morgan fingerprint density at radius 2 is 2.05 bits per heavy atom. The second-order valence-corrected chi connectivity index (χ2v) is 5.70. The predicted molar refractivity (Wildman–Crippen MR) is 82.8 cm³/mol. The molecule has 1 unspecified atom stereocenters. The van der Waals surface area contributed by atoms with Gasteiger partial charge in [0.2, 0.25) is 0 Å². The fraction of sp³-hybridized carbons (Fsp3) is 0.750. The number of aryl methyl sites for hydroxylation is 1. The number of hydrogen-bond acceptors (Lipinski definition) is 4. The normalized spacial score (nSPS) is 13.4. The van der Waals surface area contributed by atoms with E-state index in [-0.39, 0.29) is 0 Å². The van der Waals surface area contributed by atoms with Gasteiger partial charge in [0.25, 0.3) is 0 Å². The summed E-state index contributed by atoms with van der Waals surface area (Å²) in [7, 11) is 1.75. The van der Waals surface area contributed by atoms with Crippen LogP contribution in [0.15, 0.2) is 10.5 Å². The Kier molecular flexibility index (Phi) is 7.27. The predicted octanol–water partition coefficient (Wildman–Crippen LogP) is 2.94. The van der Waals surface area contributed by atoms with Crippen molar-refractivity contribution in [2.45, 2.75) is 59.8 Å². The topological polar surface area (TPSA) is 37.6 Å². The first-order valence-electron chi connectivity index (χ1n) is 7.52. The number of nitrogens with zero attached hydrogens (tertiary/aromatic N) is 1. The van der Waals surface area contributed by atoms with Crippen molar-refractivity contribution in [3.05, 3.63) is 23.2 Å². The van der Waals surface area contributed by atoms with Crippen molar-refractivity contribution in [1.29, 1.82) is 0 Å². The lowest BCUT2D eigenvalue weighted by molar-refractivity contribution is 0.0979. The maximum atomic E-state index is 5.83. The van der Waals surface area contributed by atoms with Crippen LogP contribution in [0.5, 0.6) is 0 Å². The standard InChI is InChI=1S/C16H30N2O2/c1-7-18(13(4)11-19-6)10-15-8-16(20-14(15)5)9-17-12(2)3/h8,12-13,17H,7,9-11H2,1-6H3. The van der Waals surface area contributed by atoms with Crippen LogP contribution < -0.4 is 5.32 Å². The molecule has 0 aliphatic rings. The fourth-order valence-electron chi connectivity index (χ4n) is 2.28. The average molecular weight is 282 g/mol. The van der Waals surface area contributed by atoms with Crippen molar-refractivity contribution in [2.75, 3.05) is 20.3 Å². The van der Waals surface area contributed by atoms with E-state index >= 15 is 0 Å². The maximum absolute atomic E-state index is 5.83. The summed E-state index contributed by atoms with van der Waals surface area (Å²) in [6, 6.07) is 3.06. The second-order valence-electron chi connectivity index (χ2n) is 5.70. The molecule has 0 spiro atoms. The number of ether oxygens (including phenoxy) is 1. The summed E-state index contributed by atoms with van der Waals surface area (Å²) in [5.41, 5.74) is 1.27. The molecule has 0 saturated carbocycles. The summed E-state index contributed by atoms with van der Waals surface area (Å²) in [5, 5.41) is 3.39. The third-order valence-electron chi connectivity index (χ3n) is 3.57. The highest BCUT2D eigenvalue weighted by molar-refractivity contribution is 5.21. The van der Waals surface area contributed by atoms with Crippen molar-refractivity contribution >= 4 is 0 Å². The largest absolute Gasteiger partial charge is 0.465 e. The first-order valence-corrected chi connectivity index (χ1v) is 7.52. The van der Waals surface area contributed by atoms with Gasteiger partial charge in [-0.2, -0.15) is 0 Å². The summed E-state index contributed by atoms with van der Waals surface area (Å²) >= 11 is 0. The van der Waals surface area contributed by atoms with Crippen molar-refractivity contribution in [3.8, 4) is 0 Å². The lowest BCUT2D eigenvalue weighted by Crippen LogP contribution is -2.35. The Balaban J connectivity index is 2.66. The summed E-state index contributed by atoms with van der Waals surface area (Å²) in [5.74, 6) is 2.04. The molecule has 0 bridgehead atoms. The quantitative estimate of drug-likeness (QED) is 0.755. The Labute approximate surface area is 123 Å². The van der Waals surface area contributed by atoms with Crippen molar-refractivity contribution in [3.63, 3.8) is 0 Å². The van der Waals surface area contributed by atoms with Crippen molar-refractivity contribution < 1.29 is 9.15 Å². The summed E-state index contributed by atoms with van der Waals surface area (Å²) in [6.45, 7) is 14.2. The molecule has 4 nitrogen and oxygen atoms in total. The molecule has 4 heteroatoms. The molecular formula is C16H30N2O2. The fourth-order valence-corrected chi connectivity index (χ4v) is 2.28. The number of methoxy groups -OCH3 is 1. The molecule has 1 N–H and O–H groups in total.